The van der Waals surface area contributed by atoms with Gasteiger partial charge in [0.15, 0.2) is 0 Å². The number of aryl methyl sites for hydroxylation is 2. The molecule has 0 N–H and O–H groups in total. The predicted molar refractivity (Wildman–Crippen MR) is 139 cm³/mol. The van der Waals surface area contributed by atoms with Gasteiger partial charge in [-0.3, -0.25) is 0 Å². The van der Waals surface area contributed by atoms with Crippen molar-refractivity contribution < 1.29 is 8.78 Å². The number of hydrogen-bond donors (Lipinski definition) is 0. The Morgan fingerprint density at radius 1 is 0.788 bits per heavy atom. The van der Waals surface area contributed by atoms with Crippen molar-refractivity contribution in [1.29, 1.82) is 0 Å². The van der Waals surface area contributed by atoms with Gasteiger partial charge in [-0.2, -0.15) is 0 Å². The summed E-state index contributed by atoms with van der Waals surface area (Å²) in [5.41, 5.74) is 5.14. The zero-order valence-corrected chi connectivity index (χ0v) is 21.0. The first-order chi connectivity index (χ1) is 16.1. The summed E-state index contributed by atoms with van der Waals surface area (Å²) in [7, 11) is -0.535. The molecule has 0 aliphatic carbocycles. The van der Waals surface area contributed by atoms with Crippen molar-refractivity contribution in [3.8, 4) is 11.1 Å². The fourth-order valence-corrected chi connectivity index (χ4v) is 8.76. The van der Waals surface area contributed by atoms with Gasteiger partial charge in [0.1, 0.15) is 11.6 Å². The lowest BCUT2D eigenvalue weighted by Crippen LogP contribution is -2.20. The highest BCUT2D eigenvalue weighted by molar-refractivity contribution is 6.59. The van der Waals surface area contributed by atoms with Crippen LogP contribution in [0.3, 0.4) is 0 Å². The first-order valence-corrected chi connectivity index (χ1v) is 15.2. The largest absolute Gasteiger partial charge is 0.207 e. The van der Waals surface area contributed by atoms with E-state index in [1.165, 1.54) is 73.5 Å². The van der Waals surface area contributed by atoms with Gasteiger partial charge in [-0.1, -0.05) is 92.8 Å². The van der Waals surface area contributed by atoms with Crippen LogP contribution in [0, 0.1) is 11.6 Å². The summed E-state index contributed by atoms with van der Waals surface area (Å²) >= 11 is 0. The molecule has 4 rings (SSSR count). The fourth-order valence-electron chi connectivity index (χ4n) is 5.28. The lowest BCUT2D eigenvalue weighted by atomic mass is 9.91. The monoisotopic (exact) mass is 462 g/mol. The van der Waals surface area contributed by atoms with E-state index in [0.717, 1.165) is 24.0 Å². The summed E-state index contributed by atoms with van der Waals surface area (Å²) in [6.45, 7) is 2.28. The quantitative estimate of drug-likeness (QED) is 0.220. The molecule has 0 radical (unpaired) electrons. The van der Waals surface area contributed by atoms with Gasteiger partial charge in [0.05, 0.1) is 0 Å². The molecular formula is C30H36F2Si. The van der Waals surface area contributed by atoms with Crippen molar-refractivity contribution in [2.24, 2.45) is 0 Å². The number of halogens is 2. The van der Waals surface area contributed by atoms with Crippen LogP contribution in [0.1, 0.15) is 61.6 Å². The van der Waals surface area contributed by atoms with E-state index in [4.69, 9.17) is 0 Å². The Kier molecular flexibility index (Phi) is 8.50. The highest BCUT2D eigenvalue weighted by Gasteiger charge is 2.23. The molecule has 0 bridgehead atoms. The minimum atomic E-state index is -0.535. The zero-order valence-electron chi connectivity index (χ0n) is 19.8. The maximum Gasteiger partial charge on any atom is 0.131 e. The van der Waals surface area contributed by atoms with E-state index in [1.54, 1.807) is 6.07 Å². The van der Waals surface area contributed by atoms with Crippen LogP contribution in [0.4, 0.5) is 8.78 Å². The second-order valence-electron chi connectivity index (χ2n) is 9.78. The van der Waals surface area contributed by atoms with Crippen LogP contribution in [0.5, 0.6) is 0 Å². The third-order valence-corrected chi connectivity index (χ3v) is 10.9. The van der Waals surface area contributed by atoms with E-state index in [2.05, 4.69) is 25.1 Å². The molecule has 0 saturated carbocycles. The maximum absolute atomic E-state index is 15.1. The SMILES string of the molecule is CCCCC[Si@H]1CC[C@H](c2ccc(-c3ccc(CCc4ccc(F)cc4)cc3)c(F)c2)CC1. The number of hydrogen-bond acceptors (Lipinski definition) is 0. The molecule has 0 unspecified atom stereocenters. The van der Waals surface area contributed by atoms with Crippen molar-refractivity contribution in [2.45, 2.75) is 75.9 Å². The van der Waals surface area contributed by atoms with Gasteiger partial charge in [0, 0.05) is 14.4 Å². The highest BCUT2D eigenvalue weighted by Crippen LogP contribution is 2.36. The molecule has 0 atom stereocenters. The Morgan fingerprint density at radius 3 is 2.03 bits per heavy atom. The Bertz CT molecular complexity index is 1000. The van der Waals surface area contributed by atoms with Gasteiger partial charge in [-0.15, -0.1) is 0 Å². The molecule has 0 aromatic heterocycles. The van der Waals surface area contributed by atoms with Gasteiger partial charge in [-0.25, -0.2) is 8.78 Å². The zero-order chi connectivity index (χ0) is 23.0. The first-order valence-electron chi connectivity index (χ1n) is 12.8. The molecule has 0 nitrogen and oxygen atoms in total. The fraction of sp³-hybridized carbons (Fsp3) is 0.400. The molecule has 0 spiro atoms. The average molecular weight is 463 g/mol. The lowest BCUT2D eigenvalue weighted by molar-refractivity contribution is 0.588. The van der Waals surface area contributed by atoms with Gasteiger partial charge in [0.2, 0.25) is 0 Å². The summed E-state index contributed by atoms with van der Waals surface area (Å²) < 4.78 is 28.1. The minimum absolute atomic E-state index is 0.103. The van der Waals surface area contributed by atoms with Crippen LogP contribution >= 0.6 is 0 Å². The van der Waals surface area contributed by atoms with Gasteiger partial charge in [-0.05, 0) is 72.1 Å². The Hall–Kier alpha value is -2.26. The molecule has 1 aliphatic heterocycles. The summed E-state index contributed by atoms with van der Waals surface area (Å²) in [5.74, 6) is 0.235. The Morgan fingerprint density at radius 2 is 1.42 bits per heavy atom. The van der Waals surface area contributed by atoms with Crippen molar-refractivity contribution in [2.75, 3.05) is 0 Å². The predicted octanol–water partition coefficient (Wildman–Crippen LogP) is 8.71. The van der Waals surface area contributed by atoms with Crippen LogP contribution < -0.4 is 0 Å². The normalized spacial score (nSPS) is 18.4. The van der Waals surface area contributed by atoms with Crippen molar-refractivity contribution >= 4 is 8.80 Å². The number of benzene rings is 3. The van der Waals surface area contributed by atoms with Crippen molar-refractivity contribution in [1.82, 2.24) is 0 Å². The third-order valence-electron chi connectivity index (χ3n) is 7.41. The van der Waals surface area contributed by atoms with Crippen molar-refractivity contribution in [3.63, 3.8) is 0 Å². The summed E-state index contributed by atoms with van der Waals surface area (Å²) in [5, 5.41) is 0. The summed E-state index contributed by atoms with van der Waals surface area (Å²) in [6, 6.07) is 25.2. The van der Waals surface area contributed by atoms with Crippen LogP contribution in [0.25, 0.3) is 11.1 Å². The van der Waals surface area contributed by atoms with Crippen LogP contribution in [0.2, 0.25) is 18.1 Å². The van der Waals surface area contributed by atoms with Crippen LogP contribution in [0.15, 0.2) is 66.7 Å². The first kappa shape index (κ1) is 23.9. The molecule has 0 amide bonds. The van der Waals surface area contributed by atoms with E-state index >= 15 is 4.39 Å². The van der Waals surface area contributed by atoms with E-state index in [9.17, 15) is 4.39 Å². The molecule has 1 aliphatic rings. The van der Waals surface area contributed by atoms with Crippen molar-refractivity contribution in [3.05, 3.63) is 95.1 Å². The van der Waals surface area contributed by atoms with Gasteiger partial charge < -0.3 is 0 Å². The number of rotatable bonds is 9. The van der Waals surface area contributed by atoms with Gasteiger partial charge in [0.25, 0.3) is 0 Å². The third kappa shape index (κ3) is 6.63. The Labute approximate surface area is 199 Å². The Balaban J connectivity index is 1.33. The summed E-state index contributed by atoms with van der Waals surface area (Å²) in [4.78, 5) is 0. The second kappa shape index (κ2) is 11.7. The van der Waals surface area contributed by atoms with Gasteiger partial charge >= 0.3 is 0 Å². The smallest absolute Gasteiger partial charge is 0.131 e. The molecule has 3 aromatic rings. The van der Waals surface area contributed by atoms with E-state index in [1.807, 2.05) is 30.3 Å². The molecule has 1 fully saturated rings. The topological polar surface area (TPSA) is 0 Å². The minimum Gasteiger partial charge on any atom is -0.207 e. The molecule has 1 heterocycles. The van der Waals surface area contributed by atoms with E-state index < -0.39 is 8.80 Å². The highest BCUT2D eigenvalue weighted by atomic mass is 28.3. The lowest BCUT2D eigenvalue weighted by Gasteiger charge is -2.28. The summed E-state index contributed by atoms with van der Waals surface area (Å²) in [6.07, 6.45) is 8.38. The molecule has 174 valence electrons. The molecule has 1 saturated heterocycles. The van der Waals surface area contributed by atoms with E-state index in [-0.39, 0.29) is 11.6 Å². The number of unbranched alkanes of at least 4 members (excludes halogenated alkanes) is 2. The molecule has 3 heteroatoms. The molecular weight excluding hydrogens is 426 g/mol. The average Bonchev–Trinajstić information content (AvgIpc) is 2.85. The standard InChI is InChI=1S/C30H36F2Si/c1-2-3-4-19-33-20-17-25(18-21-33)27-13-16-29(30(32)22-27)26-11-7-23(8-12-26)5-6-24-9-14-28(31)15-10-24/h7-16,22,25,33H,2-6,17-21H2,1H3/t25-,33-. The van der Waals surface area contributed by atoms with E-state index in [0.29, 0.717) is 11.5 Å². The molecule has 3 aromatic carbocycles. The van der Waals surface area contributed by atoms with Crippen LogP contribution in [-0.4, -0.2) is 8.80 Å². The second-order valence-corrected chi connectivity index (χ2v) is 13.2. The van der Waals surface area contributed by atoms with Crippen LogP contribution in [-0.2, 0) is 12.8 Å². The molecule has 33 heavy (non-hydrogen) atoms. The maximum atomic E-state index is 15.1.